The van der Waals surface area contributed by atoms with Crippen molar-refractivity contribution in [1.29, 1.82) is 0 Å². The molecule has 9 heteroatoms. The van der Waals surface area contributed by atoms with Crippen LogP contribution in [0.15, 0.2) is 42.7 Å². The predicted molar refractivity (Wildman–Crippen MR) is 88.4 cm³/mol. The molecular weight excluding hydrogens is 328 g/mol. The summed E-state index contributed by atoms with van der Waals surface area (Å²) in [5.74, 6) is 0.181. The van der Waals surface area contributed by atoms with Crippen LogP contribution in [0.2, 0.25) is 0 Å². The molecule has 0 radical (unpaired) electrons. The van der Waals surface area contributed by atoms with Crippen molar-refractivity contribution < 1.29 is 8.42 Å². The van der Waals surface area contributed by atoms with Crippen molar-refractivity contribution in [1.82, 2.24) is 30.0 Å². The van der Waals surface area contributed by atoms with Crippen LogP contribution in [0.3, 0.4) is 0 Å². The molecule has 0 aliphatic carbocycles. The highest BCUT2D eigenvalue weighted by molar-refractivity contribution is 7.91. The highest BCUT2D eigenvalue weighted by Crippen LogP contribution is 2.25. The molecule has 0 saturated heterocycles. The Bertz CT molecular complexity index is 943. The molecule has 2 aromatic heterocycles. The first-order chi connectivity index (χ1) is 11.3. The fraction of sp³-hybridized carbons (Fsp3) is 0.333. The Labute approximate surface area is 140 Å². The molecule has 0 aliphatic rings. The van der Waals surface area contributed by atoms with Gasteiger partial charge in [0.15, 0.2) is 15.7 Å². The SMILES string of the molecule is CC(C)(c1nnn(Cc2cnn(-c3ccccc3)c2)n1)S(C)(=O)=O. The molecule has 0 bridgehead atoms. The topological polar surface area (TPSA) is 95.6 Å². The zero-order valence-electron chi connectivity index (χ0n) is 13.7. The van der Waals surface area contributed by atoms with Crippen LogP contribution in [0.1, 0.15) is 25.2 Å². The smallest absolute Gasteiger partial charge is 0.195 e. The second-order valence-electron chi connectivity index (χ2n) is 6.05. The highest BCUT2D eigenvalue weighted by atomic mass is 32.2. The van der Waals surface area contributed by atoms with Crippen LogP contribution in [0.4, 0.5) is 0 Å². The number of hydrogen-bond acceptors (Lipinski definition) is 6. The summed E-state index contributed by atoms with van der Waals surface area (Å²) in [5.41, 5.74) is 1.84. The first-order valence-electron chi connectivity index (χ1n) is 7.34. The molecule has 1 aromatic carbocycles. The quantitative estimate of drug-likeness (QED) is 0.688. The second kappa shape index (κ2) is 5.82. The van der Waals surface area contributed by atoms with E-state index in [4.69, 9.17) is 0 Å². The van der Waals surface area contributed by atoms with E-state index < -0.39 is 14.6 Å². The van der Waals surface area contributed by atoms with E-state index in [0.29, 0.717) is 6.54 Å². The van der Waals surface area contributed by atoms with E-state index in [1.54, 1.807) is 24.7 Å². The predicted octanol–water partition coefficient (Wildman–Crippen LogP) is 1.19. The fourth-order valence-corrected chi connectivity index (χ4v) is 2.46. The lowest BCUT2D eigenvalue weighted by molar-refractivity contribution is 0.541. The van der Waals surface area contributed by atoms with Crippen molar-refractivity contribution in [3.63, 3.8) is 0 Å². The van der Waals surface area contributed by atoms with Gasteiger partial charge in [0, 0.05) is 18.0 Å². The number of nitrogens with zero attached hydrogens (tertiary/aromatic N) is 6. The van der Waals surface area contributed by atoms with Gasteiger partial charge in [-0.2, -0.15) is 9.90 Å². The number of benzene rings is 1. The summed E-state index contributed by atoms with van der Waals surface area (Å²) in [4.78, 5) is 1.37. The minimum absolute atomic E-state index is 0.181. The summed E-state index contributed by atoms with van der Waals surface area (Å²) in [6.45, 7) is 3.49. The molecule has 3 rings (SSSR count). The third-order valence-electron chi connectivity index (χ3n) is 3.90. The van der Waals surface area contributed by atoms with Crippen LogP contribution >= 0.6 is 0 Å². The van der Waals surface area contributed by atoms with Gasteiger partial charge in [-0.05, 0) is 31.2 Å². The fourth-order valence-electron chi connectivity index (χ4n) is 2.04. The minimum Gasteiger partial charge on any atom is -0.241 e. The number of rotatable bonds is 5. The number of aromatic nitrogens is 6. The molecule has 126 valence electrons. The summed E-state index contributed by atoms with van der Waals surface area (Å²) in [5, 5.41) is 16.4. The molecule has 3 aromatic rings. The maximum Gasteiger partial charge on any atom is 0.195 e. The van der Waals surface area contributed by atoms with Gasteiger partial charge >= 0.3 is 0 Å². The van der Waals surface area contributed by atoms with Gasteiger partial charge in [-0.1, -0.05) is 18.2 Å². The maximum absolute atomic E-state index is 11.9. The largest absolute Gasteiger partial charge is 0.241 e. The molecule has 0 spiro atoms. The Hall–Kier alpha value is -2.55. The van der Waals surface area contributed by atoms with Crippen molar-refractivity contribution in [2.45, 2.75) is 25.1 Å². The van der Waals surface area contributed by atoms with E-state index in [9.17, 15) is 8.42 Å². The summed E-state index contributed by atoms with van der Waals surface area (Å²) in [7, 11) is -3.34. The van der Waals surface area contributed by atoms with Crippen LogP contribution < -0.4 is 0 Å². The molecule has 0 saturated carbocycles. The molecule has 2 heterocycles. The first-order valence-corrected chi connectivity index (χ1v) is 9.23. The van der Waals surface area contributed by atoms with Crippen LogP contribution in [0.25, 0.3) is 5.69 Å². The Morgan fingerprint density at radius 3 is 2.54 bits per heavy atom. The Morgan fingerprint density at radius 1 is 1.17 bits per heavy atom. The van der Waals surface area contributed by atoms with Gasteiger partial charge < -0.3 is 0 Å². The van der Waals surface area contributed by atoms with E-state index in [0.717, 1.165) is 17.5 Å². The van der Waals surface area contributed by atoms with E-state index in [2.05, 4.69) is 20.5 Å². The van der Waals surface area contributed by atoms with Crippen LogP contribution in [0, 0.1) is 0 Å². The monoisotopic (exact) mass is 346 g/mol. The molecule has 8 nitrogen and oxygen atoms in total. The molecule has 0 atom stereocenters. The third kappa shape index (κ3) is 3.07. The molecule has 0 unspecified atom stereocenters. The zero-order valence-corrected chi connectivity index (χ0v) is 14.5. The van der Waals surface area contributed by atoms with Gasteiger partial charge in [-0.15, -0.1) is 10.2 Å². The van der Waals surface area contributed by atoms with Crippen molar-refractivity contribution in [2.75, 3.05) is 6.26 Å². The third-order valence-corrected chi connectivity index (χ3v) is 5.94. The average molecular weight is 346 g/mol. The summed E-state index contributed by atoms with van der Waals surface area (Å²) in [6, 6.07) is 9.73. The van der Waals surface area contributed by atoms with Gasteiger partial charge in [0.25, 0.3) is 0 Å². The summed E-state index contributed by atoms with van der Waals surface area (Å²) < 4.78 is 24.3. The zero-order chi connectivity index (χ0) is 17.4. The number of hydrogen-bond donors (Lipinski definition) is 0. The molecule has 0 amide bonds. The lowest BCUT2D eigenvalue weighted by atomic mass is 10.2. The molecule has 0 fully saturated rings. The van der Waals surface area contributed by atoms with Gasteiger partial charge in [-0.25, -0.2) is 13.1 Å². The summed E-state index contributed by atoms with van der Waals surface area (Å²) in [6.07, 6.45) is 4.76. The van der Waals surface area contributed by atoms with Crippen LogP contribution in [-0.4, -0.2) is 44.7 Å². The summed E-state index contributed by atoms with van der Waals surface area (Å²) >= 11 is 0. The van der Waals surface area contributed by atoms with Crippen molar-refractivity contribution in [3.05, 3.63) is 54.1 Å². The second-order valence-corrected chi connectivity index (χ2v) is 8.62. The first kappa shape index (κ1) is 16.3. The highest BCUT2D eigenvalue weighted by Gasteiger charge is 2.37. The van der Waals surface area contributed by atoms with Gasteiger partial charge in [0.2, 0.25) is 0 Å². The van der Waals surface area contributed by atoms with E-state index in [1.807, 2.05) is 36.5 Å². The number of para-hydroxylation sites is 1. The molecular formula is C15H18N6O2S. The van der Waals surface area contributed by atoms with E-state index in [-0.39, 0.29) is 5.82 Å². The standard InChI is InChI=1S/C15H18N6O2S/c1-15(2,24(3,22)23)14-17-19-21(18-14)11-12-9-16-20(10-12)13-7-5-4-6-8-13/h4-10H,11H2,1-3H3. The van der Waals surface area contributed by atoms with Gasteiger partial charge in [0.05, 0.1) is 18.4 Å². The number of sulfone groups is 1. The lowest BCUT2D eigenvalue weighted by Crippen LogP contribution is -2.29. The molecule has 0 aliphatic heterocycles. The maximum atomic E-state index is 11.9. The Morgan fingerprint density at radius 2 is 1.88 bits per heavy atom. The molecule has 0 N–H and O–H groups in total. The van der Waals surface area contributed by atoms with Gasteiger partial charge in [0.1, 0.15) is 4.75 Å². The van der Waals surface area contributed by atoms with E-state index >= 15 is 0 Å². The minimum atomic E-state index is -3.34. The van der Waals surface area contributed by atoms with Crippen molar-refractivity contribution in [3.8, 4) is 5.69 Å². The van der Waals surface area contributed by atoms with Gasteiger partial charge in [-0.3, -0.25) is 0 Å². The van der Waals surface area contributed by atoms with Crippen molar-refractivity contribution >= 4 is 9.84 Å². The normalized spacial score (nSPS) is 12.5. The lowest BCUT2D eigenvalue weighted by Gasteiger charge is -2.17. The van der Waals surface area contributed by atoms with Crippen LogP contribution in [-0.2, 0) is 21.1 Å². The van der Waals surface area contributed by atoms with E-state index in [1.165, 1.54) is 4.80 Å². The van der Waals surface area contributed by atoms with Crippen LogP contribution in [0.5, 0.6) is 0 Å². The Balaban J connectivity index is 1.80. The van der Waals surface area contributed by atoms with Crippen molar-refractivity contribution in [2.24, 2.45) is 0 Å². The molecule has 24 heavy (non-hydrogen) atoms. The number of tetrazole rings is 1. The Kier molecular flexibility index (Phi) is 3.96. The average Bonchev–Trinajstić information content (AvgIpc) is 3.17.